The Morgan fingerprint density at radius 2 is 2.00 bits per heavy atom. The number of hydrogen-bond acceptors (Lipinski definition) is 8. The molecule has 1 aromatic heterocycles. The number of aromatic amines is 1. The van der Waals surface area contributed by atoms with Crippen LogP contribution in [-0.4, -0.2) is 59.4 Å². The third kappa shape index (κ3) is 2.18. The van der Waals surface area contributed by atoms with E-state index in [9.17, 15) is 24.9 Å². The summed E-state index contributed by atoms with van der Waals surface area (Å²) in [6, 6.07) is 0. The summed E-state index contributed by atoms with van der Waals surface area (Å²) in [7, 11) is 0. The zero-order chi connectivity index (χ0) is 15.2. The van der Waals surface area contributed by atoms with Crippen LogP contribution in [-0.2, 0) is 4.74 Å². The first-order valence-corrected chi connectivity index (χ1v) is 5.62. The van der Waals surface area contributed by atoms with Crippen molar-refractivity contribution in [3.8, 4) is 0 Å². The quantitative estimate of drug-likeness (QED) is 0.301. The van der Waals surface area contributed by atoms with Crippen LogP contribution >= 0.6 is 0 Å². The van der Waals surface area contributed by atoms with Crippen LogP contribution in [0.5, 0.6) is 0 Å². The molecule has 0 aromatic carbocycles. The molecule has 1 aliphatic heterocycles. The number of nitrogens with one attached hydrogen (secondary N) is 1. The smallest absolute Gasteiger partial charge is 0.330 e. The summed E-state index contributed by atoms with van der Waals surface area (Å²) >= 11 is 0. The van der Waals surface area contributed by atoms with Crippen molar-refractivity contribution in [3.63, 3.8) is 0 Å². The van der Waals surface area contributed by atoms with Gasteiger partial charge in [-0.1, -0.05) is 0 Å². The normalized spacial score (nSPS) is 29.1. The number of aliphatic hydroxyl groups excluding tert-OH is 2. The predicted octanol–water partition coefficient (Wildman–Crippen LogP) is -3.91. The predicted molar refractivity (Wildman–Crippen MR) is 61.4 cm³/mol. The van der Waals surface area contributed by atoms with Crippen LogP contribution in [0.1, 0.15) is 11.8 Å². The van der Waals surface area contributed by atoms with Crippen LogP contribution < -0.4 is 11.2 Å². The van der Waals surface area contributed by atoms with E-state index in [0.29, 0.717) is 0 Å². The molecule has 0 radical (unpaired) electrons. The van der Waals surface area contributed by atoms with Crippen LogP contribution in [0.3, 0.4) is 0 Å². The Morgan fingerprint density at radius 3 is 2.50 bits per heavy atom. The average molecular weight is 290 g/mol. The maximum absolute atomic E-state index is 11.6. The first-order valence-electron chi connectivity index (χ1n) is 5.62. The number of aliphatic hydroxyl groups is 5. The van der Waals surface area contributed by atoms with E-state index < -0.39 is 41.8 Å². The minimum atomic E-state index is -2.97. The maximum atomic E-state index is 11.6. The van der Waals surface area contributed by atoms with Gasteiger partial charge in [-0.15, -0.1) is 0 Å². The zero-order valence-corrected chi connectivity index (χ0v) is 10.3. The molecule has 3 atom stereocenters. The second kappa shape index (κ2) is 4.77. The Bertz CT molecular complexity index is 618. The number of H-pyrrole nitrogens is 1. The molecule has 6 N–H and O–H groups in total. The fourth-order valence-electron chi connectivity index (χ4n) is 1.99. The van der Waals surface area contributed by atoms with E-state index in [1.54, 1.807) is 0 Å². The summed E-state index contributed by atoms with van der Waals surface area (Å²) in [6.07, 6.45) is -6.81. The molecule has 2 rings (SSSR count). The Hall–Kier alpha value is -1.56. The summed E-state index contributed by atoms with van der Waals surface area (Å²) in [4.78, 5) is 24.8. The minimum absolute atomic E-state index is 0.120. The fourth-order valence-corrected chi connectivity index (χ4v) is 1.99. The van der Waals surface area contributed by atoms with Gasteiger partial charge in [-0.25, -0.2) is 4.79 Å². The van der Waals surface area contributed by atoms with Gasteiger partial charge in [0.25, 0.3) is 5.56 Å². The van der Waals surface area contributed by atoms with Gasteiger partial charge >= 0.3 is 5.69 Å². The Labute approximate surface area is 111 Å². The minimum Gasteiger partial charge on any atom is -0.383 e. The number of aryl methyl sites for hydroxylation is 1. The third-order valence-corrected chi connectivity index (χ3v) is 3.10. The molecular weight excluding hydrogens is 276 g/mol. The lowest BCUT2D eigenvalue weighted by Gasteiger charge is -2.25. The molecule has 0 aliphatic carbocycles. The Morgan fingerprint density at radius 1 is 1.40 bits per heavy atom. The van der Waals surface area contributed by atoms with E-state index in [2.05, 4.69) is 0 Å². The average Bonchev–Trinajstić information content (AvgIpc) is 2.56. The molecule has 112 valence electrons. The van der Waals surface area contributed by atoms with E-state index in [1.807, 2.05) is 4.98 Å². The van der Waals surface area contributed by atoms with Crippen molar-refractivity contribution in [2.24, 2.45) is 0 Å². The second-order valence-corrected chi connectivity index (χ2v) is 4.57. The number of hydrogen-bond donors (Lipinski definition) is 6. The highest BCUT2D eigenvalue weighted by Gasteiger charge is 2.58. The first-order chi connectivity index (χ1) is 9.16. The Balaban J connectivity index is 2.48. The molecule has 20 heavy (non-hydrogen) atoms. The highest BCUT2D eigenvalue weighted by molar-refractivity contribution is 5.04. The molecule has 1 saturated heterocycles. The van der Waals surface area contributed by atoms with Gasteiger partial charge in [0.1, 0.15) is 0 Å². The van der Waals surface area contributed by atoms with Crippen LogP contribution in [0.25, 0.3) is 0 Å². The lowest BCUT2D eigenvalue weighted by atomic mass is 10.1. The van der Waals surface area contributed by atoms with Crippen molar-refractivity contribution in [1.82, 2.24) is 9.55 Å². The van der Waals surface area contributed by atoms with Crippen LogP contribution in [0.15, 0.2) is 15.8 Å². The maximum Gasteiger partial charge on any atom is 0.330 e. The molecule has 2 heterocycles. The van der Waals surface area contributed by atoms with Gasteiger partial charge in [-0.3, -0.25) is 14.3 Å². The van der Waals surface area contributed by atoms with E-state index >= 15 is 0 Å². The molecule has 0 amide bonds. The topological polar surface area (TPSA) is 165 Å². The van der Waals surface area contributed by atoms with Gasteiger partial charge in [0.2, 0.25) is 5.79 Å². The number of aromatic nitrogens is 2. The largest absolute Gasteiger partial charge is 0.383 e. The van der Waals surface area contributed by atoms with E-state index in [4.69, 9.17) is 14.9 Å². The van der Waals surface area contributed by atoms with Gasteiger partial charge in [0.05, 0.1) is 0 Å². The monoisotopic (exact) mass is 290 g/mol. The molecule has 1 fully saturated rings. The van der Waals surface area contributed by atoms with E-state index in [-0.39, 0.29) is 5.56 Å². The van der Waals surface area contributed by atoms with Crippen molar-refractivity contribution < 1.29 is 30.3 Å². The van der Waals surface area contributed by atoms with Crippen molar-refractivity contribution >= 4 is 0 Å². The molecule has 10 nitrogen and oxygen atoms in total. The van der Waals surface area contributed by atoms with Crippen molar-refractivity contribution in [1.29, 1.82) is 0 Å². The van der Waals surface area contributed by atoms with E-state index in [0.717, 1.165) is 10.8 Å². The van der Waals surface area contributed by atoms with Gasteiger partial charge in [-0.2, -0.15) is 0 Å². The van der Waals surface area contributed by atoms with Crippen LogP contribution in [0, 0.1) is 6.92 Å². The number of nitrogens with zero attached hydrogens (tertiary/aromatic N) is 1. The molecule has 0 saturated carbocycles. The Kier molecular flexibility index (Phi) is 3.54. The van der Waals surface area contributed by atoms with E-state index in [1.165, 1.54) is 6.92 Å². The molecular formula is C10H14N2O8. The molecule has 0 unspecified atom stereocenters. The van der Waals surface area contributed by atoms with Crippen molar-refractivity contribution in [3.05, 3.63) is 32.6 Å². The molecule has 1 aromatic rings. The first kappa shape index (κ1) is 14.8. The van der Waals surface area contributed by atoms with Gasteiger partial charge in [0.15, 0.2) is 24.7 Å². The molecule has 10 heteroatoms. The number of ether oxygens (including phenoxy) is 1. The summed E-state index contributed by atoms with van der Waals surface area (Å²) in [6.45, 7) is 1.39. The zero-order valence-electron chi connectivity index (χ0n) is 10.3. The standard InChI is InChI=1S/C10H14N2O8/c1-3-2-12(9(17)11-6(3)14)7-4(13)10(18,19)5(20-7)8(15)16/h2,4-5,7-8,13,15-16,18-19H,1H3,(H,11,14,17)/t4-,5+,7+/m0/s1. The highest BCUT2D eigenvalue weighted by atomic mass is 16.6. The second-order valence-electron chi connectivity index (χ2n) is 4.57. The summed E-state index contributed by atoms with van der Waals surface area (Å²) in [5.41, 5.74) is -1.47. The fraction of sp³-hybridized carbons (Fsp3) is 0.600. The van der Waals surface area contributed by atoms with Crippen LogP contribution in [0.4, 0.5) is 0 Å². The van der Waals surface area contributed by atoms with Gasteiger partial charge < -0.3 is 30.3 Å². The van der Waals surface area contributed by atoms with Crippen molar-refractivity contribution in [2.45, 2.75) is 37.4 Å². The number of rotatable bonds is 2. The SMILES string of the molecule is Cc1cn([C@@H]2O[C@H](C(O)O)C(O)(O)[C@H]2O)c(=O)[nH]c1=O. The summed E-state index contributed by atoms with van der Waals surface area (Å²) in [5.74, 6) is -2.97. The van der Waals surface area contributed by atoms with Gasteiger partial charge in [-0.05, 0) is 6.92 Å². The lowest BCUT2D eigenvalue weighted by molar-refractivity contribution is -0.272. The van der Waals surface area contributed by atoms with Crippen LogP contribution in [0.2, 0.25) is 0 Å². The lowest BCUT2D eigenvalue weighted by Crippen LogP contribution is -2.52. The molecule has 0 bridgehead atoms. The van der Waals surface area contributed by atoms with Crippen molar-refractivity contribution in [2.75, 3.05) is 0 Å². The molecule has 1 aliphatic rings. The molecule has 0 spiro atoms. The summed E-state index contributed by atoms with van der Waals surface area (Å²) < 4.78 is 5.63. The third-order valence-electron chi connectivity index (χ3n) is 3.10. The van der Waals surface area contributed by atoms with Gasteiger partial charge in [0, 0.05) is 11.8 Å². The summed E-state index contributed by atoms with van der Waals surface area (Å²) in [5, 5.41) is 47.0. The highest BCUT2D eigenvalue weighted by Crippen LogP contribution is 2.35.